The van der Waals surface area contributed by atoms with Crippen LogP contribution in [0.1, 0.15) is 25.5 Å². The SMILES string of the molecule is CC1SCC(C(N)c2ccc3c(c2)OCCO3)SC1C. The standard InChI is InChI=1S/C15H21NO2S2/c1-9-10(2)20-14(8-19-9)15(16)11-3-4-12-13(7-11)18-6-5-17-12/h3-4,7,9-10,14-15H,5-6,8,16H2,1-2H3. The molecule has 1 saturated heterocycles. The maximum atomic E-state index is 6.48. The number of nitrogens with two attached hydrogens (primary N) is 1. The molecule has 5 heteroatoms. The van der Waals surface area contributed by atoms with Crippen LogP contribution in [0.2, 0.25) is 0 Å². The fourth-order valence-corrected chi connectivity index (χ4v) is 5.53. The summed E-state index contributed by atoms with van der Waals surface area (Å²) >= 11 is 4.05. The predicted molar refractivity (Wildman–Crippen MR) is 87.1 cm³/mol. The van der Waals surface area contributed by atoms with E-state index in [1.54, 1.807) is 0 Å². The lowest BCUT2D eigenvalue weighted by molar-refractivity contribution is 0.171. The Kier molecular flexibility index (Phi) is 4.38. The van der Waals surface area contributed by atoms with Gasteiger partial charge in [-0.2, -0.15) is 23.5 Å². The molecule has 1 aromatic rings. The van der Waals surface area contributed by atoms with Crippen LogP contribution in [-0.4, -0.2) is 34.7 Å². The minimum absolute atomic E-state index is 0.0540. The molecule has 0 saturated carbocycles. The summed E-state index contributed by atoms with van der Waals surface area (Å²) in [6.07, 6.45) is 0. The molecule has 3 nitrogen and oxygen atoms in total. The molecular weight excluding hydrogens is 290 g/mol. The van der Waals surface area contributed by atoms with Crippen molar-refractivity contribution in [1.29, 1.82) is 0 Å². The van der Waals surface area contributed by atoms with E-state index in [4.69, 9.17) is 15.2 Å². The summed E-state index contributed by atoms with van der Waals surface area (Å²) in [5, 5.41) is 1.83. The fraction of sp³-hybridized carbons (Fsp3) is 0.600. The van der Waals surface area contributed by atoms with E-state index in [2.05, 4.69) is 19.9 Å². The smallest absolute Gasteiger partial charge is 0.161 e. The van der Waals surface area contributed by atoms with Crippen LogP contribution >= 0.6 is 23.5 Å². The highest BCUT2D eigenvalue weighted by molar-refractivity contribution is 8.07. The molecule has 0 amide bonds. The van der Waals surface area contributed by atoms with Crippen LogP contribution in [0.4, 0.5) is 0 Å². The third kappa shape index (κ3) is 2.90. The molecule has 0 aliphatic carbocycles. The average Bonchev–Trinajstić information content (AvgIpc) is 2.49. The highest BCUT2D eigenvalue weighted by atomic mass is 32.2. The van der Waals surface area contributed by atoms with Crippen molar-refractivity contribution < 1.29 is 9.47 Å². The first-order valence-electron chi connectivity index (χ1n) is 7.07. The van der Waals surface area contributed by atoms with Crippen LogP contribution in [0.15, 0.2) is 18.2 Å². The van der Waals surface area contributed by atoms with Gasteiger partial charge in [-0.3, -0.25) is 0 Å². The van der Waals surface area contributed by atoms with Crippen molar-refractivity contribution in [3.63, 3.8) is 0 Å². The number of hydrogen-bond acceptors (Lipinski definition) is 5. The third-order valence-corrected chi connectivity index (χ3v) is 7.44. The number of benzene rings is 1. The second-order valence-electron chi connectivity index (χ2n) is 5.35. The summed E-state index contributed by atoms with van der Waals surface area (Å²) in [7, 11) is 0. The van der Waals surface area contributed by atoms with Crippen LogP contribution in [-0.2, 0) is 0 Å². The summed E-state index contributed by atoms with van der Waals surface area (Å²) < 4.78 is 11.2. The minimum Gasteiger partial charge on any atom is -0.486 e. The van der Waals surface area contributed by atoms with Gasteiger partial charge in [-0.05, 0) is 17.7 Å². The molecule has 20 heavy (non-hydrogen) atoms. The van der Waals surface area contributed by atoms with Gasteiger partial charge in [-0.1, -0.05) is 19.9 Å². The van der Waals surface area contributed by atoms with Crippen molar-refractivity contribution in [3.8, 4) is 11.5 Å². The molecular formula is C15H21NO2S2. The lowest BCUT2D eigenvalue weighted by Crippen LogP contribution is -2.34. The van der Waals surface area contributed by atoms with Crippen molar-refractivity contribution in [2.24, 2.45) is 5.73 Å². The van der Waals surface area contributed by atoms with E-state index in [-0.39, 0.29) is 6.04 Å². The van der Waals surface area contributed by atoms with E-state index < -0.39 is 0 Å². The first kappa shape index (κ1) is 14.4. The Balaban J connectivity index is 1.75. The van der Waals surface area contributed by atoms with Crippen LogP contribution in [0.5, 0.6) is 11.5 Å². The molecule has 3 rings (SSSR count). The summed E-state index contributed by atoms with van der Waals surface area (Å²) in [4.78, 5) is 0. The first-order valence-corrected chi connectivity index (χ1v) is 9.06. The van der Waals surface area contributed by atoms with Gasteiger partial charge in [0.2, 0.25) is 0 Å². The summed E-state index contributed by atoms with van der Waals surface area (Å²) in [5.41, 5.74) is 7.63. The quantitative estimate of drug-likeness (QED) is 0.909. The zero-order valence-electron chi connectivity index (χ0n) is 11.9. The van der Waals surface area contributed by atoms with Gasteiger partial charge >= 0.3 is 0 Å². The lowest BCUT2D eigenvalue weighted by atomic mass is 10.0. The molecule has 110 valence electrons. The zero-order chi connectivity index (χ0) is 14.1. The largest absolute Gasteiger partial charge is 0.486 e. The number of rotatable bonds is 2. The Labute approximate surface area is 129 Å². The number of thioether (sulfide) groups is 2. The topological polar surface area (TPSA) is 44.5 Å². The molecule has 1 fully saturated rings. The molecule has 2 N–H and O–H groups in total. The Morgan fingerprint density at radius 2 is 1.90 bits per heavy atom. The van der Waals surface area contributed by atoms with Crippen molar-refractivity contribution >= 4 is 23.5 Å². The fourth-order valence-electron chi connectivity index (χ4n) is 2.48. The van der Waals surface area contributed by atoms with Gasteiger partial charge < -0.3 is 15.2 Å². The van der Waals surface area contributed by atoms with Gasteiger partial charge in [-0.25, -0.2) is 0 Å². The summed E-state index contributed by atoms with van der Waals surface area (Å²) in [6, 6.07) is 6.16. The number of hydrogen-bond donors (Lipinski definition) is 1. The van der Waals surface area contributed by atoms with E-state index in [0.29, 0.717) is 29.0 Å². The van der Waals surface area contributed by atoms with Crippen LogP contribution in [0.25, 0.3) is 0 Å². The first-order chi connectivity index (χ1) is 9.65. The van der Waals surface area contributed by atoms with Gasteiger partial charge in [-0.15, -0.1) is 0 Å². The highest BCUT2D eigenvalue weighted by Crippen LogP contribution is 2.41. The maximum absolute atomic E-state index is 6.48. The predicted octanol–water partition coefficient (Wildman–Crippen LogP) is 3.08. The van der Waals surface area contributed by atoms with Crippen molar-refractivity contribution in [1.82, 2.24) is 0 Å². The molecule has 0 aromatic heterocycles. The Morgan fingerprint density at radius 3 is 2.65 bits per heavy atom. The molecule has 0 spiro atoms. The average molecular weight is 311 g/mol. The van der Waals surface area contributed by atoms with Gasteiger partial charge in [0.25, 0.3) is 0 Å². The van der Waals surface area contributed by atoms with Gasteiger partial charge in [0.15, 0.2) is 11.5 Å². The number of ether oxygens (including phenoxy) is 2. The minimum atomic E-state index is 0.0540. The molecule has 0 bridgehead atoms. The number of fused-ring (bicyclic) bond motifs is 1. The van der Waals surface area contributed by atoms with Crippen LogP contribution < -0.4 is 15.2 Å². The van der Waals surface area contributed by atoms with E-state index in [9.17, 15) is 0 Å². The monoisotopic (exact) mass is 311 g/mol. The van der Waals surface area contributed by atoms with E-state index in [1.165, 1.54) is 0 Å². The molecule has 4 unspecified atom stereocenters. The molecule has 4 atom stereocenters. The maximum Gasteiger partial charge on any atom is 0.161 e. The van der Waals surface area contributed by atoms with Gasteiger partial charge in [0.1, 0.15) is 13.2 Å². The van der Waals surface area contributed by atoms with Gasteiger partial charge in [0.05, 0.1) is 0 Å². The van der Waals surface area contributed by atoms with E-state index in [0.717, 1.165) is 22.8 Å². The van der Waals surface area contributed by atoms with Gasteiger partial charge in [0, 0.05) is 27.5 Å². The van der Waals surface area contributed by atoms with Crippen LogP contribution in [0.3, 0.4) is 0 Å². The van der Waals surface area contributed by atoms with E-state index in [1.807, 2.05) is 35.7 Å². The zero-order valence-corrected chi connectivity index (χ0v) is 13.5. The Bertz CT molecular complexity index is 483. The molecule has 0 radical (unpaired) electrons. The molecule has 2 aliphatic heterocycles. The normalized spacial score (nSPS) is 30.9. The highest BCUT2D eigenvalue weighted by Gasteiger charge is 2.30. The molecule has 1 aromatic carbocycles. The Morgan fingerprint density at radius 1 is 1.15 bits per heavy atom. The van der Waals surface area contributed by atoms with Crippen molar-refractivity contribution in [2.75, 3.05) is 19.0 Å². The Hall–Kier alpha value is -0.520. The summed E-state index contributed by atoms with van der Waals surface area (Å²) in [5.74, 6) is 2.78. The second kappa shape index (κ2) is 6.08. The second-order valence-corrected chi connectivity index (χ2v) is 8.38. The van der Waals surface area contributed by atoms with Crippen molar-refractivity contribution in [2.45, 2.75) is 35.6 Å². The van der Waals surface area contributed by atoms with Crippen molar-refractivity contribution in [3.05, 3.63) is 23.8 Å². The third-order valence-electron chi connectivity index (χ3n) is 3.93. The van der Waals surface area contributed by atoms with E-state index >= 15 is 0 Å². The lowest BCUT2D eigenvalue weighted by Gasteiger charge is -2.34. The van der Waals surface area contributed by atoms with Crippen LogP contribution in [0, 0.1) is 0 Å². The molecule has 2 aliphatic rings. The summed E-state index contributed by atoms with van der Waals surface area (Å²) in [6.45, 7) is 5.84. The molecule has 2 heterocycles.